The van der Waals surface area contributed by atoms with Crippen LogP contribution in [-0.2, 0) is 0 Å². The van der Waals surface area contributed by atoms with E-state index in [-0.39, 0.29) is 5.91 Å². The molecule has 136 valence electrons. The van der Waals surface area contributed by atoms with Gasteiger partial charge in [0.05, 0.1) is 11.8 Å². The third-order valence-corrected chi connectivity index (χ3v) is 4.37. The number of rotatable bonds is 4. The zero-order valence-electron chi connectivity index (χ0n) is 14.7. The Morgan fingerprint density at radius 2 is 1.63 bits per heavy atom. The quantitative estimate of drug-likeness (QED) is 0.760. The number of anilines is 3. The van der Waals surface area contributed by atoms with E-state index in [0.29, 0.717) is 24.6 Å². The molecule has 0 saturated carbocycles. The summed E-state index contributed by atoms with van der Waals surface area (Å²) in [6.45, 7) is 2.69. The van der Waals surface area contributed by atoms with Crippen molar-refractivity contribution < 1.29 is 4.79 Å². The van der Waals surface area contributed by atoms with Crippen molar-refractivity contribution in [3.8, 4) is 0 Å². The average molecular weight is 361 g/mol. The molecule has 1 N–H and O–H groups in total. The molecule has 1 aliphatic heterocycles. The van der Waals surface area contributed by atoms with Crippen molar-refractivity contribution in [2.24, 2.45) is 0 Å². The lowest BCUT2D eigenvalue weighted by molar-refractivity contribution is 0.0745. The fraction of sp³-hybridized carbons (Fsp3) is 0.211. The highest BCUT2D eigenvalue weighted by Gasteiger charge is 2.23. The first-order valence-corrected chi connectivity index (χ1v) is 8.74. The lowest BCUT2D eigenvalue weighted by Gasteiger charge is -2.35. The number of amides is 1. The van der Waals surface area contributed by atoms with Crippen LogP contribution in [0.1, 0.15) is 10.4 Å². The first kappa shape index (κ1) is 16.9. The maximum absolute atomic E-state index is 12.7. The van der Waals surface area contributed by atoms with Crippen molar-refractivity contribution in [3.63, 3.8) is 0 Å². The second kappa shape index (κ2) is 7.77. The predicted octanol–water partition coefficient (Wildman–Crippen LogP) is 1.97. The smallest absolute Gasteiger partial charge is 0.257 e. The average Bonchev–Trinajstić information content (AvgIpc) is 2.75. The number of carbonyl (C=O) groups is 1. The summed E-state index contributed by atoms with van der Waals surface area (Å²) in [4.78, 5) is 33.5. The Kier molecular flexibility index (Phi) is 4.86. The molecule has 1 amide bonds. The van der Waals surface area contributed by atoms with Crippen LogP contribution in [0.5, 0.6) is 0 Å². The van der Waals surface area contributed by atoms with E-state index in [0.717, 1.165) is 24.6 Å². The number of aromatic nitrogens is 4. The van der Waals surface area contributed by atoms with Crippen molar-refractivity contribution in [2.75, 3.05) is 36.4 Å². The topological polar surface area (TPSA) is 87.1 Å². The molecule has 8 nitrogen and oxygen atoms in total. The molecule has 4 rings (SSSR count). The molecule has 27 heavy (non-hydrogen) atoms. The van der Waals surface area contributed by atoms with E-state index in [4.69, 9.17) is 0 Å². The van der Waals surface area contributed by atoms with E-state index in [2.05, 4.69) is 30.2 Å². The van der Waals surface area contributed by atoms with Gasteiger partial charge in [0.2, 0.25) is 5.95 Å². The first-order valence-electron chi connectivity index (χ1n) is 8.74. The van der Waals surface area contributed by atoms with Gasteiger partial charge in [-0.1, -0.05) is 18.2 Å². The predicted molar refractivity (Wildman–Crippen MR) is 102 cm³/mol. The summed E-state index contributed by atoms with van der Waals surface area (Å²) in [5.41, 5.74) is 1.39. The van der Waals surface area contributed by atoms with Crippen LogP contribution >= 0.6 is 0 Å². The highest BCUT2D eigenvalue weighted by Crippen LogP contribution is 2.15. The maximum atomic E-state index is 12.7. The van der Waals surface area contributed by atoms with Crippen LogP contribution in [0.25, 0.3) is 0 Å². The highest BCUT2D eigenvalue weighted by atomic mass is 16.2. The van der Waals surface area contributed by atoms with Crippen molar-refractivity contribution in [1.29, 1.82) is 0 Å². The van der Waals surface area contributed by atoms with E-state index < -0.39 is 0 Å². The van der Waals surface area contributed by atoms with Crippen LogP contribution in [0.15, 0.2) is 61.3 Å². The second-order valence-corrected chi connectivity index (χ2v) is 6.13. The van der Waals surface area contributed by atoms with Crippen molar-refractivity contribution in [1.82, 2.24) is 24.8 Å². The molecule has 3 heterocycles. The number of para-hydroxylation sites is 1. The van der Waals surface area contributed by atoms with Gasteiger partial charge >= 0.3 is 0 Å². The van der Waals surface area contributed by atoms with Gasteiger partial charge in [0.25, 0.3) is 5.91 Å². The Hall–Kier alpha value is -3.55. The standard InChI is InChI=1S/C19H19N7O/c27-18(26-10-8-25(9-11-26)17-14-20-6-7-21-17)15-12-22-19(23-13-15)24-16-4-2-1-3-5-16/h1-7,12-14H,8-11H2,(H,22,23,24). The zero-order valence-corrected chi connectivity index (χ0v) is 14.7. The zero-order chi connectivity index (χ0) is 18.5. The molecule has 2 aromatic heterocycles. The Balaban J connectivity index is 1.36. The summed E-state index contributed by atoms with van der Waals surface area (Å²) in [6, 6.07) is 9.66. The molecule has 0 unspecified atom stereocenters. The Bertz CT molecular complexity index is 879. The summed E-state index contributed by atoms with van der Waals surface area (Å²) < 4.78 is 0. The van der Waals surface area contributed by atoms with Gasteiger partial charge in [0, 0.05) is 56.7 Å². The number of carbonyl (C=O) groups excluding carboxylic acids is 1. The fourth-order valence-corrected chi connectivity index (χ4v) is 2.93. The molecule has 0 spiro atoms. The largest absolute Gasteiger partial charge is 0.352 e. The molecule has 0 aliphatic carbocycles. The molecule has 3 aromatic rings. The molecule has 0 radical (unpaired) electrons. The monoisotopic (exact) mass is 361 g/mol. The van der Waals surface area contributed by atoms with Crippen LogP contribution in [-0.4, -0.2) is 56.9 Å². The summed E-state index contributed by atoms with van der Waals surface area (Å²) in [5.74, 6) is 1.24. The maximum Gasteiger partial charge on any atom is 0.257 e. The molecule has 1 saturated heterocycles. The highest BCUT2D eigenvalue weighted by molar-refractivity contribution is 5.93. The minimum atomic E-state index is -0.0555. The number of hydrogen-bond donors (Lipinski definition) is 1. The molecular formula is C19H19N7O. The SMILES string of the molecule is O=C(c1cnc(Nc2ccccc2)nc1)N1CCN(c2cnccn2)CC1. The lowest BCUT2D eigenvalue weighted by Crippen LogP contribution is -2.49. The molecular weight excluding hydrogens is 342 g/mol. The third-order valence-electron chi connectivity index (χ3n) is 4.37. The van der Waals surface area contributed by atoms with E-state index in [1.807, 2.05) is 35.2 Å². The number of benzene rings is 1. The number of piperazine rings is 1. The van der Waals surface area contributed by atoms with Gasteiger partial charge in [0.15, 0.2) is 0 Å². The molecule has 0 atom stereocenters. The van der Waals surface area contributed by atoms with Gasteiger partial charge in [-0.25, -0.2) is 15.0 Å². The first-order chi connectivity index (χ1) is 13.3. The summed E-state index contributed by atoms with van der Waals surface area (Å²) in [6.07, 6.45) is 8.20. The normalized spacial score (nSPS) is 14.1. The van der Waals surface area contributed by atoms with E-state index in [9.17, 15) is 4.79 Å². The van der Waals surface area contributed by atoms with Gasteiger partial charge in [-0.3, -0.25) is 9.78 Å². The minimum absolute atomic E-state index is 0.0555. The lowest BCUT2D eigenvalue weighted by atomic mass is 10.2. The second-order valence-electron chi connectivity index (χ2n) is 6.13. The van der Waals surface area contributed by atoms with Crippen molar-refractivity contribution in [3.05, 3.63) is 66.9 Å². The van der Waals surface area contributed by atoms with Crippen molar-refractivity contribution >= 4 is 23.4 Å². The van der Waals surface area contributed by atoms with Gasteiger partial charge in [-0.15, -0.1) is 0 Å². The number of nitrogens with one attached hydrogen (secondary N) is 1. The Labute approximate surface area is 156 Å². The molecule has 8 heteroatoms. The van der Waals surface area contributed by atoms with Crippen LogP contribution in [0.2, 0.25) is 0 Å². The summed E-state index contributed by atoms with van der Waals surface area (Å²) >= 11 is 0. The van der Waals surface area contributed by atoms with Crippen LogP contribution in [0.4, 0.5) is 17.5 Å². The van der Waals surface area contributed by atoms with Gasteiger partial charge in [-0.05, 0) is 12.1 Å². The van der Waals surface area contributed by atoms with E-state index >= 15 is 0 Å². The number of hydrogen-bond acceptors (Lipinski definition) is 7. The molecule has 1 aromatic carbocycles. The van der Waals surface area contributed by atoms with Gasteiger partial charge in [0.1, 0.15) is 5.82 Å². The van der Waals surface area contributed by atoms with Crippen LogP contribution < -0.4 is 10.2 Å². The van der Waals surface area contributed by atoms with E-state index in [1.54, 1.807) is 31.0 Å². The summed E-state index contributed by atoms with van der Waals surface area (Å²) in [7, 11) is 0. The summed E-state index contributed by atoms with van der Waals surface area (Å²) in [5, 5.41) is 3.11. The van der Waals surface area contributed by atoms with Gasteiger partial charge < -0.3 is 15.1 Å². The van der Waals surface area contributed by atoms with Gasteiger partial charge in [-0.2, -0.15) is 0 Å². The molecule has 0 bridgehead atoms. The van der Waals surface area contributed by atoms with E-state index in [1.165, 1.54) is 0 Å². The number of nitrogens with zero attached hydrogens (tertiary/aromatic N) is 6. The van der Waals surface area contributed by atoms with Crippen LogP contribution in [0, 0.1) is 0 Å². The third kappa shape index (κ3) is 4.00. The molecule has 1 fully saturated rings. The van der Waals surface area contributed by atoms with Crippen LogP contribution in [0.3, 0.4) is 0 Å². The van der Waals surface area contributed by atoms with Crippen molar-refractivity contribution in [2.45, 2.75) is 0 Å². The Morgan fingerprint density at radius 3 is 2.30 bits per heavy atom. The fourth-order valence-electron chi connectivity index (χ4n) is 2.93. The molecule has 1 aliphatic rings. The Morgan fingerprint density at radius 1 is 0.889 bits per heavy atom. The minimum Gasteiger partial charge on any atom is -0.352 e.